The molecule has 0 aromatic heterocycles. The molecule has 0 saturated carbocycles. The molecule has 0 aliphatic carbocycles. The number of rotatable bonds is 4. The highest BCUT2D eigenvalue weighted by atomic mass is 16.5. The van der Waals surface area contributed by atoms with Crippen molar-refractivity contribution < 1.29 is 14.3 Å². The van der Waals surface area contributed by atoms with Crippen molar-refractivity contribution in [3.05, 3.63) is 35.4 Å². The summed E-state index contributed by atoms with van der Waals surface area (Å²) < 4.78 is 5.54. The molecule has 2 amide bonds. The van der Waals surface area contributed by atoms with Gasteiger partial charge in [0.25, 0.3) is 0 Å². The molecule has 3 aliphatic heterocycles. The smallest absolute Gasteiger partial charge is 0.242 e. The first-order valence-electron chi connectivity index (χ1n) is 11.4. The Morgan fingerprint density at radius 2 is 1.93 bits per heavy atom. The van der Waals surface area contributed by atoms with Crippen LogP contribution in [-0.2, 0) is 27.3 Å². The summed E-state index contributed by atoms with van der Waals surface area (Å²) in [6, 6.07) is 8.56. The first-order valence-corrected chi connectivity index (χ1v) is 11.4. The minimum atomic E-state index is -0.159. The molecule has 4 rings (SSSR count). The van der Waals surface area contributed by atoms with E-state index in [4.69, 9.17) is 4.74 Å². The maximum absolute atomic E-state index is 13.0. The second-order valence-electron chi connectivity index (χ2n) is 9.50. The lowest BCUT2D eigenvalue weighted by molar-refractivity contribution is -0.135. The fraction of sp³-hybridized carbons (Fsp3) is 0.667. The Hall–Kier alpha value is -1.92. The van der Waals surface area contributed by atoms with E-state index in [1.807, 2.05) is 4.90 Å². The van der Waals surface area contributed by atoms with Gasteiger partial charge in [0.2, 0.25) is 11.8 Å². The predicted molar refractivity (Wildman–Crippen MR) is 116 cm³/mol. The number of carbonyl (C=O) groups is 2. The van der Waals surface area contributed by atoms with E-state index < -0.39 is 0 Å². The van der Waals surface area contributed by atoms with E-state index in [-0.39, 0.29) is 23.8 Å². The number of nitrogens with zero attached hydrogens (tertiary/aromatic N) is 2. The van der Waals surface area contributed by atoms with Gasteiger partial charge in [-0.2, -0.15) is 0 Å². The monoisotopic (exact) mass is 413 g/mol. The molecule has 1 unspecified atom stereocenters. The Morgan fingerprint density at radius 3 is 2.70 bits per heavy atom. The number of piperidine rings is 1. The molecule has 0 radical (unpaired) electrons. The average Bonchev–Trinajstić information content (AvgIpc) is 2.89. The summed E-state index contributed by atoms with van der Waals surface area (Å²) in [6.07, 6.45) is 5.67. The molecule has 3 aliphatic rings. The standard InChI is InChI=1S/C24H35N3O3/c1-19(28)25-14-23(29)27-16-22-6-3-2-5-21(22)13-24(18-27)9-4-10-26(17-24)15-20-7-11-30-12-8-20/h2-3,5-6,20H,4,7-18H2,1H3,(H,25,28). The van der Waals surface area contributed by atoms with Gasteiger partial charge in [-0.3, -0.25) is 9.59 Å². The van der Waals surface area contributed by atoms with Gasteiger partial charge in [0.05, 0.1) is 6.54 Å². The molecule has 1 spiro atoms. The fourth-order valence-corrected chi connectivity index (χ4v) is 5.53. The summed E-state index contributed by atoms with van der Waals surface area (Å²) in [4.78, 5) is 28.9. The van der Waals surface area contributed by atoms with Gasteiger partial charge >= 0.3 is 0 Å². The third-order valence-electron chi connectivity index (χ3n) is 7.01. The van der Waals surface area contributed by atoms with Gasteiger partial charge in [-0.25, -0.2) is 0 Å². The number of likely N-dealkylation sites (tertiary alicyclic amines) is 1. The van der Waals surface area contributed by atoms with Crippen molar-refractivity contribution in [3.8, 4) is 0 Å². The minimum Gasteiger partial charge on any atom is -0.381 e. The molecule has 1 aromatic carbocycles. The number of benzene rings is 1. The van der Waals surface area contributed by atoms with Crippen molar-refractivity contribution in [2.75, 3.05) is 45.9 Å². The highest BCUT2D eigenvalue weighted by Crippen LogP contribution is 2.39. The maximum Gasteiger partial charge on any atom is 0.242 e. The summed E-state index contributed by atoms with van der Waals surface area (Å²) in [5.74, 6) is 0.584. The predicted octanol–water partition coefficient (Wildman–Crippen LogP) is 2.22. The van der Waals surface area contributed by atoms with Crippen molar-refractivity contribution in [1.82, 2.24) is 15.1 Å². The zero-order chi connectivity index (χ0) is 21.0. The van der Waals surface area contributed by atoms with Gasteiger partial charge in [-0.1, -0.05) is 24.3 Å². The molecule has 1 aromatic rings. The van der Waals surface area contributed by atoms with Crippen LogP contribution in [0, 0.1) is 11.3 Å². The largest absolute Gasteiger partial charge is 0.381 e. The zero-order valence-corrected chi connectivity index (χ0v) is 18.2. The molecule has 30 heavy (non-hydrogen) atoms. The SMILES string of the molecule is CC(=O)NCC(=O)N1Cc2ccccc2CC2(CCCN(CC3CCOCC3)C2)C1. The number of carbonyl (C=O) groups excluding carboxylic acids is 2. The van der Waals surface area contributed by atoms with E-state index in [2.05, 4.69) is 34.5 Å². The number of hydrogen-bond acceptors (Lipinski definition) is 4. The van der Waals surface area contributed by atoms with Gasteiger partial charge in [0.15, 0.2) is 0 Å². The maximum atomic E-state index is 13.0. The van der Waals surface area contributed by atoms with Gasteiger partial charge in [0.1, 0.15) is 0 Å². The third-order valence-corrected chi connectivity index (χ3v) is 7.01. The Morgan fingerprint density at radius 1 is 1.17 bits per heavy atom. The Bertz CT molecular complexity index is 762. The van der Waals surface area contributed by atoms with Crippen LogP contribution in [0.2, 0.25) is 0 Å². The van der Waals surface area contributed by atoms with E-state index in [0.29, 0.717) is 6.54 Å². The number of amides is 2. The van der Waals surface area contributed by atoms with Crippen LogP contribution < -0.4 is 5.32 Å². The zero-order valence-electron chi connectivity index (χ0n) is 18.2. The van der Waals surface area contributed by atoms with Crippen molar-refractivity contribution in [2.24, 2.45) is 11.3 Å². The van der Waals surface area contributed by atoms with Crippen LogP contribution >= 0.6 is 0 Å². The molecule has 6 nitrogen and oxygen atoms in total. The van der Waals surface area contributed by atoms with Crippen LogP contribution in [0.15, 0.2) is 24.3 Å². The van der Waals surface area contributed by atoms with E-state index >= 15 is 0 Å². The van der Waals surface area contributed by atoms with Crippen LogP contribution in [0.1, 0.15) is 43.7 Å². The average molecular weight is 414 g/mol. The number of hydrogen-bond donors (Lipinski definition) is 1. The van der Waals surface area contributed by atoms with E-state index in [0.717, 1.165) is 71.0 Å². The highest BCUT2D eigenvalue weighted by Gasteiger charge is 2.41. The molecule has 3 heterocycles. The normalized spacial score (nSPS) is 25.6. The lowest BCUT2D eigenvalue weighted by Crippen LogP contribution is -2.52. The van der Waals surface area contributed by atoms with Gasteiger partial charge < -0.3 is 19.9 Å². The van der Waals surface area contributed by atoms with Crippen molar-refractivity contribution in [2.45, 2.75) is 45.6 Å². The second-order valence-corrected chi connectivity index (χ2v) is 9.50. The molecule has 6 heteroatoms. The Labute approximate surface area is 179 Å². The van der Waals surface area contributed by atoms with Gasteiger partial charge in [-0.05, 0) is 55.7 Å². The van der Waals surface area contributed by atoms with Crippen LogP contribution in [-0.4, -0.2) is 67.6 Å². The first kappa shape index (κ1) is 21.3. The summed E-state index contributed by atoms with van der Waals surface area (Å²) >= 11 is 0. The van der Waals surface area contributed by atoms with Gasteiger partial charge in [0, 0.05) is 51.7 Å². The minimum absolute atomic E-state index is 0.0165. The highest BCUT2D eigenvalue weighted by molar-refractivity contribution is 5.83. The molecule has 0 bridgehead atoms. The number of nitrogens with one attached hydrogen (secondary N) is 1. The quantitative estimate of drug-likeness (QED) is 0.822. The summed E-state index contributed by atoms with van der Waals surface area (Å²) in [7, 11) is 0. The van der Waals surface area contributed by atoms with Crippen LogP contribution in [0.25, 0.3) is 0 Å². The van der Waals surface area contributed by atoms with Crippen LogP contribution in [0.3, 0.4) is 0 Å². The lowest BCUT2D eigenvalue weighted by Gasteiger charge is -2.45. The van der Waals surface area contributed by atoms with Crippen LogP contribution in [0.5, 0.6) is 0 Å². The van der Waals surface area contributed by atoms with E-state index in [1.54, 1.807) is 0 Å². The second kappa shape index (κ2) is 9.48. The lowest BCUT2D eigenvalue weighted by atomic mass is 9.74. The van der Waals surface area contributed by atoms with Crippen molar-refractivity contribution in [1.29, 1.82) is 0 Å². The van der Waals surface area contributed by atoms with Crippen molar-refractivity contribution >= 4 is 11.8 Å². The first-order chi connectivity index (χ1) is 14.5. The number of ether oxygens (including phenoxy) is 1. The fourth-order valence-electron chi connectivity index (χ4n) is 5.53. The Balaban J connectivity index is 1.52. The molecule has 1 atom stereocenters. The topological polar surface area (TPSA) is 61.9 Å². The van der Waals surface area contributed by atoms with E-state index in [9.17, 15) is 9.59 Å². The summed E-state index contributed by atoms with van der Waals surface area (Å²) in [5.41, 5.74) is 2.70. The molecule has 1 N–H and O–H groups in total. The molecule has 2 saturated heterocycles. The molecular formula is C24H35N3O3. The van der Waals surface area contributed by atoms with Crippen molar-refractivity contribution in [3.63, 3.8) is 0 Å². The van der Waals surface area contributed by atoms with Gasteiger partial charge in [-0.15, -0.1) is 0 Å². The Kier molecular flexibility index (Phi) is 6.74. The third kappa shape index (κ3) is 5.22. The summed E-state index contributed by atoms with van der Waals surface area (Å²) in [6.45, 7) is 8.07. The molecular weight excluding hydrogens is 378 g/mol. The van der Waals surface area contributed by atoms with Crippen LogP contribution in [0.4, 0.5) is 0 Å². The molecule has 164 valence electrons. The van der Waals surface area contributed by atoms with E-state index in [1.165, 1.54) is 24.5 Å². The molecule has 2 fully saturated rings. The summed E-state index contributed by atoms with van der Waals surface area (Å²) in [5, 5.41) is 2.69. The number of fused-ring (bicyclic) bond motifs is 1.